The summed E-state index contributed by atoms with van der Waals surface area (Å²) in [5.74, 6) is 0. The summed E-state index contributed by atoms with van der Waals surface area (Å²) in [6.45, 7) is 6.67. The van der Waals surface area contributed by atoms with E-state index in [9.17, 15) is 13.2 Å². The van der Waals surface area contributed by atoms with Crippen LogP contribution >= 0.6 is 0 Å². The second-order valence-electron chi connectivity index (χ2n) is 7.60. The van der Waals surface area contributed by atoms with E-state index in [1.54, 1.807) is 23.2 Å². The van der Waals surface area contributed by atoms with Crippen molar-refractivity contribution in [3.05, 3.63) is 24.5 Å². The summed E-state index contributed by atoms with van der Waals surface area (Å²) in [6, 6.07) is 3.22. The molecule has 0 atom stereocenters. The zero-order valence-electron chi connectivity index (χ0n) is 13.7. The lowest BCUT2D eigenvalue weighted by Gasteiger charge is -2.58. The van der Waals surface area contributed by atoms with Crippen molar-refractivity contribution in [1.82, 2.24) is 9.88 Å². The van der Waals surface area contributed by atoms with Crippen LogP contribution < -0.4 is 0 Å². The number of likely N-dealkylation sites (tertiary alicyclic amines) is 1. The van der Waals surface area contributed by atoms with Crippen LogP contribution in [-0.4, -0.2) is 48.3 Å². The first-order valence-corrected chi connectivity index (χ1v) is 9.28. The molecule has 1 saturated heterocycles. The van der Waals surface area contributed by atoms with Gasteiger partial charge in [0.25, 0.3) is 0 Å². The standard InChI is InChI=1S/C16H22N2O4S/c1-15(2,3)22-14(19)18-10-16(11-18)7-13(8-16)23(20,21)12-5-4-6-17-9-12/h4-6,9,13H,7-8,10-11H2,1-3H3. The van der Waals surface area contributed by atoms with Gasteiger partial charge in [-0.3, -0.25) is 4.98 Å². The van der Waals surface area contributed by atoms with Gasteiger partial charge in [0.15, 0.2) is 9.84 Å². The molecule has 1 spiro atoms. The van der Waals surface area contributed by atoms with Crippen molar-refractivity contribution >= 4 is 15.9 Å². The molecule has 2 fully saturated rings. The van der Waals surface area contributed by atoms with E-state index in [-0.39, 0.29) is 21.7 Å². The number of sulfone groups is 1. The van der Waals surface area contributed by atoms with Crippen molar-refractivity contribution < 1.29 is 17.9 Å². The predicted octanol–water partition coefficient (Wildman–Crippen LogP) is 2.25. The number of carbonyl (C=O) groups excluding carboxylic acids is 1. The van der Waals surface area contributed by atoms with Gasteiger partial charge in [0.1, 0.15) is 5.60 Å². The Morgan fingerprint density at radius 3 is 2.52 bits per heavy atom. The fourth-order valence-corrected chi connectivity index (χ4v) is 5.32. The molecule has 7 heteroatoms. The maximum atomic E-state index is 12.5. The molecular weight excluding hydrogens is 316 g/mol. The summed E-state index contributed by atoms with van der Waals surface area (Å²) in [5, 5.41) is -0.368. The molecule has 2 aliphatic rings. The SMILES string of the molecule is CC(C)(C)OC(=O)N1CC2(CC(S(=O)(=O)c3cccnc3)C2)C1. The highest BCUT2D eigenvalue weighted by atomic mass is 32.2. The molecule has 1 aliphatic heterocycles. The maximum Gasteiger partial charge on any atom is 0.410 e. The van der Waals surface area contributed by atoms with Crippen LogP contribution in [0.5, 0.6) is 0 Å². The van der Waals surface area contributed by atoms with E-state index >= 15 is 0 Å². The maximum absolute atomic E-state index is 12.5. The molecular formula is C16H22N2O4S. The van der Waals surface area contributed by atoms with Crippen LogP contribution in [0.4, 0.5) is 4.79 Å². The number of nitrogens with zero attached hydrogens (tertiary/aromatic N) is 2. The Balaban J connectivity index is 1.56. The van der Waals surface area contributed by atoms with Crippen LogP contribution in [0, 0.1) is 5.41 Å². The van der Waals surface area contributed by atoms with Gasteiger partial charge in [-0.25, -0.2) is 13.2 Å². The zero-order valence-corrected chi connectivity index (χ0v) is 14.5. The van der Waals surface area contributed by atoms with Crippen molar-refractivity contribution in [2.24, 2.45) is 5.41 Å². The Bertz CT molecular complexity index is 695. The quantitative estimate of drug-likeness (QED) is 0.826. The third-order valence-electron chi connectivity index (χ3n) is 4.43. The average Bonchev–Trinajstić information content (AvgIpc) is 2.34. The van der Waals surface area contributed by atoms with Gasteiger partial charge in [0, 0.05) is 30.9 Å². The van der Waals surface area contributed by atoms with Crippen LogP contribution in [0.2, 0.25) is 0 Å². The minimum Gasteiger partial charge on any atom is -0.444 e. The number of ether oxygens (including phenoxy) is 1. The van der Waals surface area contributed by atoms with Gasteiger partial charge >= 0.3 is 6.09 Å². The summed E-state index contributed by atoms with van der Waals surface area (Å²) in [6.07, 6.45) is 3.84. The Kier molecular flexibility index (Phi) is 3.66. The number of pyridine rings is 1. The molecule has 126 valence electrons. The lowest BCUT2D eigenvalue weighted by Crippen LogP contribution is -2.66. The molecule has 0 unspecified atom stereocenters. The summed E-state index contributed by atoms with van der Waals surface area (Å²) >= 11 is 0. The molecule has 2 heterocycles. The molecule has 0 N–H and O–H groups in total. The van der Waals surface area contributed by atoms with E-state index in [0.29, 0.717) is 25.9 Å². The van der Waals surface area contributed by atoms with Crippen molar-refractivity contribution in [2.45, 2.75) is 49.4 Å². The fourth-order valence-electron chi connectivity index (χ4n) is 3.31. The third kappa shape index (κ3) is 3.06. The Morgan fingerprint density at radius 1 is 1.35 bits per heavy atom. The number of hydrogen-bond donors (Lipinski definition) is 0. The molecule has 23 heavy (non-hydrogen) atoms. The molecule has 1 amide bonds. The highest BCUT2D eigenvalue weighted by Crippen LogP contribution is 2.52. The van der Waals surface area contributed by atoms with Gasteiger partial charge < -0.3 is 9.64 Å². The van der Waals surface area contributed by atoms with Crippen LogP contribution in [0.1, 0.15) is 33.6 Å². The minimum absolute atomic E-state index is 0.0448. The van der Waals surface area contributed by atoms with Crippen LogP contribution in [0.15, 0.2) is 29.4 Å². The van der Waals surface area contributed by atoms with Crippen molar-refractivity contribution in [3.63, 3.8) is 0 Å². The first-order valence-electron chi connectivity index (χ1n) is 7.73. The first kappa shape index (κ1) is 16.2. The lowest BCUT2D eigenvalue weighted by molar-refractivity contribution is -0.0670. The monoisotopic (exact) mass is 338 g/mol. The Hall–Kier alpha value is -1.63. The molecule has 3 rings (SSSR count). The predicted molar refractivity (Wildman–Crippen MR) is 84.7 cm³/mol. The normalized spacial score (nSPS) is 20.7. The third-order valence-corrected chi connectivity index (χ3v) is 6.54. The van der Waals surface area contributed by atoms with Crippen LogP contribution in [0.3, 0.4) is 0 Å². The minimum atomic E-state index is -3.31. The highest BCUT2D eigenvalue weighted by Gasteiger charge is 2.57. The molecule has 0 radical (unpaired) electrons. The van der Waals surface area contributed by atoms with Crippen molar-refractivity contribution in [3.8, 4) is 0 Å². The van der Waals surface area contributed by atoms with Gasteiger partial charge in [0.05, 0.1) is 10.1 Å². The second kappa shape index (κ2) is 5.19. The molecule has 6 nitrogen and oxygen atoms in total. The van der Waals surface area contributed by atoms with Gasteiger partial charge in [-0.05, 0) is 45.7 Å². The molecule has 0 bridgehead atoms. The number of hydrogen-bond acceptors (Lipinski definition) is 5. The number of rotatable bonds is 2. The van der Waals surface area contributed by atoms with E-state index in [4.69, 9.17) is 4.74 Å². The largest absolute Gasteiger partial charge is 0.444 e. The van der Waals surface area contributed by atoms with Crippen molar-refractivity contribution in [1.29, 1.82) is 0 Å². The van der Waals surface area contributed by atoms with E-state index in [2.05, 4.69) is 4.98 Å². The van der Waals surface area contributed by atoms with Crippen LogP contribution in [0.25, 0.3) is 0 Å². The van der Waals surface area contributed by atoms with Gasteiger partial charge in [-0.2, -0.15) is 0 Å². The number of amides is 1. The second-order valence-corrected chi connectivity index (χ2v) is 9.83. The molecule has 1 aromatic rings. The highest BCUT2D eigenvalue weighted by molar-refractivity contribution is 7.92. The Morgan fingerprint density at radius 2 is 2.00 bits per heavy atom. The molecule has 0 aromatic carbocycles. The Labute approximate surface area is 136 Å². The van der Waals surface area contributed by atoms with Crippen molar-refractivity contribution in [2.75, 3.05) is 13.1 Å². The fraction of sp³-hybridized carbons (Fsp3) is 0.625. The summed E-state index contributed by atoms with van der Waals surface area (Å²) < 4.78 is 30.3. The van der Waals surface area contributed by atoms with E-state index in [0.717, 1.165) is 0 Å². The van der Waals surface area contributed by atoms with Gasteiger partial charge in [-0.15, -0.1) is 0 Å². The number of carbonyl (C=O) groups is 1. The topological polar surface area (TPSA) is 76.6 Å². The van der Waals surface area contributed by atoms with E-state index in [1.807, 2.05) is 20.8 Å². The number of aromatic nitrogens is 1. The molecule has 1 aliphatic carbocycles. The van der Waals surface area contributed by atoms with Crippen LogP contribution in [-0.2, 0) is 14.6 Å². The van der Waals surface area contributed by atoms with Gasteiger partial charge in [0.2, 0.25) is 0 Å². The zero-order chi connectivity index (χ0) is 16.9. The van der Waals surface area contributed by atoms with E-state index in [1.165, 1.54) is 6.20 Å². The van der Waals surface area contributed by atoms with E-state index < -0.39 is 15.4 Å². The van der Waals surface area contributed by atoms with Gasteiger partial charge in [-0.1, -0.05) is 0 Å². The smallest absolute Gasteiger partial charge is 0.410 e. The first-order chi connectivity index (χ1) is 10.6. The summed E-state index contributed by atoms with van der Waals surface area (Å²) in [5.41, 5.74) is -0.553. The lowest BCUT2D eigenvalue weighted by atomic mass is 9.63. The molecule has 1 aromatic heterocycles. The summed E-state index contributed by atoms with van der Waals surface area (Å²) in [7, 11) is -3.31. The average molecular weight is 338 g/mol. The summed E-state index contributed by atoms with van der Waals surface area (Å²) in [4.78, 5) is 17.8. The molecule has 1 saturated carbocycles.